The summed E-state index contributed by atoms with van der Waals surface area (Å²) in [6, 6.07) is 8.61. The lowest BCUT2D eigenvalue weighted by Gasteiger charge is -2.37. The molecule has 0 amide bonds. The van der Waals surface area contributed by atoms with Crippen LogP contribution in [-0.4, -0.2) is 6.61 Å². The summed E-state index contributed by atoms with van der Waals surface area (Å²) in [5.41, 5.74) is 4.32. The van der Waals surface area contributed by atoms with Crippen LogP contribution in [0, 0.1) is 11.8 Å². The van der Waals surface area contributed by atoms with E-state index in [-0.39, 0.29) is 6.04 Å². The molecule has 3 atom stereocenters. The van der Waals surface area contributed by atoms with Crippen molar-refractivity contribution in [3.8, 4) is 5.75 Å². The third-order valence-corrected chi connectivity index (χ3v) is 4.63. The Bertz CT molecular complexity index is 408. The van der Waals surface area contributed by atoms with Crippen molar-refractivity contribution < 1.29 is 4.74 Å². The van der Waals surface area contributed by atoms with Gasteiger partial charge in [0.05, 0.1) is 6.61 Å². The van der Waals surface area contributed by atoms with Gasteiger partial charge in [-0.1, -0.05) is 44.7 Å². The van der Waals surface area contributed by atoms with Crippen LogP contribution in [-0.2, 0) is 0 Å². The molecule has 0 aliphatic heterocycles. The first kappa shape index (κ1) is 15.3. The predicted molar refractivity (Wildman–Crippen MR) is 83.4 cm³/mol. The molecule has 0 bridgehead atoms. The molecule has 0 aromatic heterocycles. The number of hydrazine groups is 1. The van der Waals surface area contributed by atoms with Crippen molar-refractivity contribution in [2.45, 2.75) is 52.0 Å². The zero-order valence-corrected chi connectivity index (χ0v) is 12.8. The van der Waals surface area contributed by atoms with Crippen LogP contribution in [0.5, 0.6) is 5.75 Å². The van der Waals surface area contributed by atoms with Gasteiger partial charge in [0, 0.05) is 6.04 Å². The fraction of sp³-hybridized carbons (Fsp3) is 0.647. The molecule has 3 nitrogen and oxygen atoms in total. The zero-order valence-electron chi connectivity index (χ0n) is 12.8. The third kappa shape index (κ3) is 3.53. The maximum absolute atomic E-state index is 5.89. The quantitative estimate of drug-likeness (QED) is 0.613. The van der Waals surface area contributed by atoms with E-state index in [9.17, 15) is 0 Å². The average Bonchev–Trinajstić information content (AvgIpc) is 2.49. The van der Waals surface area contributed by atoms with E-state index in [1.165, 1.54) is 37.7 Å². The van der Waals surface area contributed by atoms with Crippen LogP contribution in [0.3, 0.4) is 0 Å². The number of hydrogen-bond acceptors (Lipinski definition) is 3. The zero-order chi connectivity index (χ0) is 14.4. The van der Waals surface area contributed by atoms with Crippen molar-refractivity contribution in [2.75, 3.05) is 6.61 Å². The number of nitrogens with one attached hydrogen (secondary N) is 1. The van der Waals surface area contributed by atoms with Gasteiger partial charge in [0.15, 0.2) is 0 Å². The Labute approximate surface area is 122 Å². The van der Waals surface area contributed by atoms with Crippen molar-refractivity contribution in [1.29, 1.82) is 0 Å². The molecule has 3 heteroatoms. The minimum absolute atomic E-state index is 0.237. The largest absolute Gasteiger partial charge is 0.494 e. The molecule has 1 aliphatic rings. The molecule has 0 saturated heterocycles. The fourth-order valence-electron chi connectivity index (χ4n) is 3.61. The van der Waals surface area contributed by atoms with Crippen LogP contribution in [0.1, 0.15) is 57.6 Å². The highest BCUT2D eigenvalue weighted by molar-refractivity contribution is 5.31. The van der Waals surface area contributed by atoms with E-state index in [4.69, 9.17) is 10.6 Å². The summed E-state index contributed by atoms with van der Waals surface area (Å²) in [5, 5.41) is 0. The summed E-state index contributed by atoms with van der Waals surface area (Å²) in [7, 11) is 0. The lowest BCUT2D eigenvalue weighted by Crippen LogP contribution is -2.38. The average molecular weight is 276 g/mol. The summed E-state index contributed by atoms with van der Waals surface area (Å²) < 4.78 is 5.61. The molecule has 1 aromatic rings. The molecule has 0 radical (unpaired) electrons. The number of ether oxygens (including phenoxy) is 1. The molecule has 3 unspecified atom stereocenters. The summed E-state index contributed by atoms with van der Waals surface area (Å²) in [6.07, 6.45) is 6.54. The topological polar surface area (TPSA) is 47.3 Å². The van der Waals surface area contributed by atoms with Gasteiger partial charge in [0.25, 0.3) is 0 Å². The first-order valence-electron chi connectivity index (χ1n) is 7.99. The second-order valence-corrected chi connectivity index (χ2v) is 5.77. The van der Waals surface area contributed by atoms with Crippen LogP contribution in [0.25, 0.3) is 0 Å². The maximum Gasteiger partial charge on any atom is 0.119 e. The molecule has 2 rings (SSSR count). The Kier molecular flexibility index (Phi) is 5.86. The molecule has 0 heterocycles. The molecule has 1 fully saturated rings. The molecular weight excluding hydrogens is 248 g/mol. The van der Waals surface area contributed by atoms with Crippen molar-refractivity contribution >= 4 is 0 Å². The molecule has 112 valence electrons. The summed E-state index contributed by atoms with van der Waals surface area (Å²) >= 11 is 0. The van der Waals surface area contributed by atoms with Gasteiger partial charge in [-0.25, -0.2) is 0 Å². The number of rotatable bonds is 6. The summed E-state index contributed by atoms with van der Waals surface area (Å²) in [4.78, 5) is 0. The SMILES string of the molecule is CCOc1cccc(C(NN)C2CCCCC2CC)c1. The number of hydrogen-bond donors (Lipinski definition) is 2. The molecule has 1 aliphatic carbocycles. The van der Waals surface area contributed by atoms with Crippen LogP contribution < -0.4 is 16.0 Å². The van der Waals surface area contributed by atoms with Crippen molar-refractivity contribution in [3.05, 3.63) is 29.8 Å². The molecule has 1 saturated carbocycles. The molecule has 3 N–H and O–H groups in total. The Morgan fingerprint density at radius 2 is 2.10 bits per heavy atom. The Morgan fingerprint density at radius 3 is 2.80 bits per heavy atom. The lowest BCUT2D eigenvalue weighted by molar-refractivity contribution is 0.176. The van der Waals surface area contributed by atoms with Crippen LogP contribution in [0.15, 0.2) is 24.3 Å². The van der Waals surface area contributed by atoms with E-state index in [2.05, 4.69) is 30.5 Å². The fourth-order valence-corrected chi connectivity index (χ4v) is 3.61. The molecule has 20 heavy (non-hydrogen) atoms. The van der Waals surface area contributed by atoms with E-state index in [1.807, 2.05) is 13.0 Å². The highest BCUT2D eigenvalue weighted by Gasteiger charge is 2.31. The second kappa shape index (κ2) is 7.65. The van der Waals surface area contributed by atoms with E-state index in [1.54, 1.807) is 0 Å². The van der Waals surface area contributed by atoms with E-state index >= 15 is 0 Å². The minimum Gasteiger partial charge on any atom is -0.494 e. The molecule has 0 spiro atoms. The Hall–Kier alpha value is -1.06. The van der Waals surface area contributed by atoms with Crippen LogP contribution in [0.2, 0.25) is 0 Å². The first-order chi connectivity index (χ1) is 9.80. The van der Waals surface area contributed by atoms with Gasteiger partial charge in [0.1, 0.15) is 5.75 Å². The van der Waals surface area contributed by atoms with Crippen molar-refractivity contribution in [2.24, 2.45) is 17.7 Å². The predicted octanol–water partition coefficient (Wildman–Crippen LogP) is 3.81. The summed E-state index contributed by atoms with van der Waals surface area (Å²) in [6.45, 7) is 5.01. The molecule has 1 aromatic carbocycles. The van der Waals surface area contributed by atoms with E-state index in [0.717, 1.165) is 11.7 Å². The van der Waals surface area contributed by atoms with Gasteiger partial charge in [-0.2, -0.15) is 0 Å². The second-order valence-electron chi connectivity index (χ2n) is 5.77. The lowest BCUT2D eigenvalue weighted by atomic mass is 9.72. The molecular formula is C17H28N2O. The van der Waals surface area contributed by atoms with Crippen molar-refractivity contribution in [3.63, 3.8) is 0 Å². The van der Waals surface area contributed by atoms with E-state index in [0.29, 0.717) is 12.5 Å². The normalized spacial score (nSPS) is 24.4. The van der Waals surface area contributed by atoms with Crippen LogP contribution >= 0.6 is 0 Å². The number of benzene rings is 1. The van der Waals surface area contributed by atoms with Crippen molar-refractivity contribution in [1.82, 2.24) is 5.43 Å². The highest BCUT2D eigenvalue weighted by Crippen LogP contribution is 2.40. The Morgan fingerprint density at radius 1 is 1.30 bits per heavy atom. The third-order valence-electron chi connectivity index (χ3n) is 4.63. The Balaban J connectivity index is 2.19. The van der Waals surface area contributed by atoms with Gasteiger partial charge in [-0.3, -0.25) is 11.3 Å². The minimum atomic E-state index is 0.237. The van der Waals surface area contributed by atoms with E-state index < -0.39 is 0 Å². The van der Waals surface area contributed by atoms with Gasteiger partial charge in [0.2, 0.25) is 0 Å². The van der Waals surface area contributed by atoms with Crippen LogP contribution in [0.4, 0.5) is 0 Å². The standard InChI is InChI=1S/C17H28N2O/c1-3-13-8-5-6-11-16(13)17(19-18)14-9-7-10-15(12-14)20-4-2/h7,9-10,12-13,16-17,19H,3-6,8,11,18H2,1-2H3. The monoisotopic (exact) mass is 276 g/mol. The van der Waals surface area contributed by atoms with Gasteiger partial charge in [-0.05, 0) is 42.9 Å². The number of nitrogens with two attached hydrogens (primary N) is 1. The first-order valence-corrected chi connectivity index (χ1v) is 7.99. The van der Waals surface area contributed by atoms with Gasteiger partial charge >= 0.3 is 0 Å². The smallest absolute Gasteiger partial charge is 0.119 e. The maximum atomic E-state index is 5.89. The highest BCUT2D eigenvalue weighted by atomic mass is 16.5. The van der Waals surface area contributed by atoms with Gasteiger partial charge < -0.3 is 4.74 Å². The van der Waals surface area contributed by atoms with Gasteiger partial charge in [-0.15, -0.1) is 0 Å². The summed E-state index contributed by atoms with van der Waals surface area (Å²) in [5.74, 6) is 8.24.